The molecule has 2 unspecified atom stereocenters. The summed E-state index contributed by atoms with van der Waals surface area (Å²) in [7, 11) is -3.41. The van der Waals surface area contributed by atoms with Crippen molar-refractivity contribution in [3.8, 4) is 0 Å². The second kappa shape index (κ2) is 11.3. The molecule has 3 aromatic heterocycles. The Balaban J connectivity index is 1.04. The molecular formula is C28H33ClF3N7O2S. The molecule has 42 heavy (non-hydrogen) atoms. The first-order valence-corrected chi connectivity index (χ1v) is 16.5. The molecule has 2 saturated carbocycles. The van der Waals surface area contributed by atoms with E-state index >= 15 is 0 Å². The van der Waals surface area contributed by atoms with E-state index in [0.29, 0.717) is 49.7 Å². The van der Waals surface area contributed by atoms with Gasteiger partial charge in [-0.15, -0.1) is 0 Å². The number of halogens is 4. The van der Waals surface area contributed by atoms with Crippen LogP contribution in [0.3, 0.4) is 0 Å². The first-order valence-electron chi connectivity index (χ1n) is 14.2. The first-order chi connectivity index (χ1) is 20.0. The van der Waals surface area contributed by atoms with Gasteiger partial charge in [0.05, 0.1) is 33.3 Å². The molecule has 226 valence electrons. The largest absolute Gasteiger partial charge is 0.417 e. The predicted molar refractivity (Wildman–Crippen MR) is 156 cm³/mol. The monoisotopic (exact) mass is 623 g/mol. The number of aromatic nitrogens is 5. The molecule has 4 aromatic rings. The highest BCUT2D eigenvalue weighted by atomic mass is 35.5. The number of imidazole rings is 1. The van der Waals surface area contributed by atoms with Crippen LogP contribution >= 0.6 is 11.6 Å². The summed E-state index contributed by atoms with van der Waals surface area (Å²) in [5, 5.41) is 4.10. The molecule has 2 aliphatic carbocycles. The quantitative estimate of drug-likeness (QED) is 0.193. The van der Waals surface area contributed by atoms with Crippen molar-refractivity contribution in [1.82, 2.24) is 28.8 Å². The summed E-state index contributed by atoms with van der Waals surface area (Å²) in [4.78, 5) is 16.3. The predicted octanol–water partition coefficient (Wildman–Crippen LogP) is 6.18. The van der Waals surface area contributed by atoms with E-state index < -0.39 is 21.8 Å². The molecular weight excluding hydrogens is 591 g/mol. The third-order valence-corrected chi connectivity index (χ3v) is 9.84. The van der Waals surface area contributed by atoms with Gasteiger partial charge in [0.2, 0.25) is 10.0 Å². The average Bonchev–Trinajstić information content (AvgIpc) is 3.28. The second-order valence-corrected chi connectivity index (χ2v) is 13.9. The molecule has 6 rings (SSSR count). The van der Waals surface area contributed by atoms with Crippen LogP contribution in [0.15, 0.2) is 30.7 Å². The Kier molecular flexibility index (Phi) is 7.86. The van der Waals surface area contributed by atoms with Crippen LogP contribution in [0, 0.1) is 5.92 Å². The van der Waals surface area contributed by atoms with Crippen molar-refractivity contribution in [2.75, 3.05) is 24.7 Å². The smallest absolute Gasteiger partial charge is 0.367 e. The van der Waals surface area contributed by atoms with Gasteiger partial charge in [-0.1, -0.05) is 11.6 Å². The highest BCUT2D eigenvalue weighted by Crippen LogP contribution is 2.39. The van der Waals surface area contributed by atoms with Crippen LogP contribution in [0.5, 0.6) is 0 Å². The van der Waals surface area contributed by atoms with Crippen molar-refractivity contribution in [1.29, 1.82) is 0 Å². The van der Waals surface area contributed by atoms with Gasteiger partial charge in [0.15, 0.2) is 0 Å². The number of rotatable bonds is 11. The Bertz CT molecular complexity index is 1700. The number of unbranched alkanes of at least 4 members (excludes halogenated alkanes) is 1. The van der Waals surface area contributed by atoms with Crippen LogP contribution in [-0.2, 0) is 22.6 Å². The van der Waals surface area contributed by atoms with Crippen molar-refractivity contribution < 1.29 is 21.6 Å². The van der Waals surface area contributed by atoms with Crippen LogP contribution in [0.25, 0.3) is 22.1 Å². The molecule has 2 fully saturated rings. The zero-order valence-corrected chi connectivity index (χ0v) is 24.7. The van der Waals surface area contributed by atoms with E-state index in [4.69, 9.17) is 11.6 Å². The van der Waals surface area contributed by atoms with E-state index in [0.717, 1.165) is 55.0 Å². The minimum absolute atomic E-state index is 0.232. The fraction of sp³-hybridized carbons (Fsp3) is 0.536. The maximum absolute atomic E-state index is 13.2. The van der Waals surface area contributed by atoms with Gasteiger partial charge < -0.3 is 14.9 Å². The van der Waals surface area contributed by atoms with E-state index in [1.54, 1.807) is 10.6 Å². The number of nitrogens with zero attached hydrogens (tertiary/aromatic N) is 5. The third-order valence-electron chi connectivity index (χ3n) is 8.26. The molecule has 0 amide bonds. The fourth-order valence-corrected chi connectivity index (χ4v) is 7.16. The number of aromatic amines is 1. The van der Waals surface area contributed by atoms with Crippen LogP contribution in [0.1, 0.15) is 62.4 Å². The number of alkyl halides is 3. The lowest BCUT2D eigenvalue weighted by atomic mass is 10.1. The Labute approximate surface area is 246 Å². The molecule has 0 spiro atoms. The van der Waals surface area contributed by atoms with Gasteiger partial charge in [0.25, 0.3) is 0 Å². The highest BCUT2D eigenvalue weighted by Gasteiger charge is 2.34. The number of sulfonamides is 1. The van der Waals surface area contributed by atoms with Crippen molar-refractivity contribution in [3.63, 3.8) is 0 Å². The summed E-state index contributed by atoms with van der Waals surface area (Å²) in [6.45, 7) is 0.835. The molecule has 0 radical (unpaired) electrons. The zero-order chi connectivity index (χ0) is 29.6. The standard InChI is InChI=1S/C28H33ClF3N7O2S/c1-42(40,41)38(10-3-2-4-25-36-23-13-21(28(30,31)32)22(29)14-24(23)37-25)15-17-5-8-19(12-17)39-11-9-20-26(35-18-6-7-18)33-16-34-27(20)39/h9,11,13-14,16-19H,2-8,10,12,15H2,1H3,(H,36,37)(H,33,34,35). The molecule has 0 aliphatic heterocycles. The zero-order valence-electron chi connectivity index (χ0n) is 23.2. The van der Waals surface area contributed by atoms with Gasteiger partial charge in [-0.05, 0) is 69.1 Å². The average molecular weight is 624 g/mol. The fourth-order valence-electron chi connectivity index (χ4n) is 5.95. The summed E-state index contributed by atoms with van der Waals surface area (Å²) in [6, 6.07) is 4.99. The normalized spacial score (nSPS) is 19.9. The highest BCUT2D eigenvalue weighted by molar-refractivity contribution is 7.88. The van der Waals surface area contributed by atoms with E-state index in [2.05, 4.69) is 42.1 Å². The minimum Gasteiger partial charge on any atom is -0.367 e. The number of aryl methyl sites for hydroxylation is 1. The van der Waals surface area contributed by atoms with E-state index in [9.17, 15) is 21.6 Å². The van der Waals surface area contributed by atoms with E-state index in [-0.39, 0.29) is 22.5 Å². The summed E-state index contributed by atoms with van der Waals surface area (Å²) in [5.74, 6) is 1.65. The Hall–Kier alpha value is -2.90. The van der Waals surface area contributed by atoms with Crippen LogP contribution < -0.4 is 5.32 Å². The topological polar surface area (TPSA) is 109 Å². The maximum atomic E-state index is 13.2. The summed E-state index contributed by atoms with van der Waals surface area (Å²) >= 11 is 5.81. The number of fused-ring (bicyclic) bond motifs is 2. The molecule has 9 nitrogen and oxygen atoms in total. The van der Waals surface area contributed by atoms with Gasteiger partial charge in [-0.2, -0.15) is 13.2 Å². The number of nitrogens with one attached hydrogen (secondary N) is 2. The molecule has 0 saturated heterocycles. The number of benzene rings is 1. The molecule has 3 heterocycles. The Morgan fingerprint density at radius 2 is 1.98 bits per heavy atom. The van der Waals surface area contributed by atoms with Gasteiger partial charge >= 0.3 is 6.18 Å². The molecule has 2 aliphatic rings. The van der Waals surface area contributed by atoms with Gasteiger partial charge in [-0.25, -0.2) is 27.7 Å². The summed E-state index contributed by atoms with van der Waals surface area (Å²) in [5.41, 5.74) is 0.640. The van der Waals surface area contributed by atoms with Crippen LogP contribution in [0.2, 0.25) is 5.02 Å². The number of anilines is 1. The van der Waals surface area contributed by atoms with Gasteiger partial charge in [0, 0.05) is 37.8 Å². The van der Waals surface area contributed by atoms with Crippen LogP contribution in [-0.4, -0.2) is 62.6 Å². The van der Waals surface area contributed by atoms with Crippen LogP contribution in [0.4, 0.5) is 19.0 Å². The van der Waals surface area contributed by atoms with Crippen molar-refractivity contribution in [2.45, 2.75) is 69.6 Å². The lowest BCUT2D eigenvalue weighted by Gasteiger charge is -2.23. The number of H-pyrrole nitrogens is 1. The lowest BCUT2D eigenvalue weighted by molar-refractivity contribution is -0.137. The lowest BCUT2D eigenvalue weighted by Crippen LogP contribution is -2.35. The number of hydrogen-bond donors (Lipinski definition) is 2. The molecule has 14 heteroatoms. The van der Waals surface area contributed by atoms with Crippen molar-refractivity contribution in [2.24, 2.45) is 5.92 Å². The van der Waals surface area contributed by atoms with E-state index in [1.807, 2.05) is 0 Å². The first kappa shape index (κ1) is 29.2. The Morgan fingerprint density at radius 3 is 2.71 bits per heavy atom. The van der Waals surface area contributed by atoms with Crippen molar-refractivity contribution in [3.05, 3.63) is 47.1 Å². The van der Waals surface area contributed by atoms with Gasteiger partial charge in [-0.3, -0.25) is 0 Å². The summed E-state index contributed by atoms with van der Waals surface area (Å²) < 4.78 is 68.6. The third kappa shape index (κ3) is 6.37. The molecule has 1 aromatic carbocycles. The van der Waals surface area contributed by atoms with Gasteiger partial charge in [0.1, 0.15) is 23.6 Å². The molecule has 2 N–H and O–H groups in total. The summed E-state index contributed by atoms with van der Waals surface area (Å²) in [6.07, 6.45) is 7.14. The SMILES string of the molecule is CS(=O)(=O)N(CCCCc1nc2cc(Cl)c(C(F)(F)F)cc2[nH]1)CC1CCC(n2ccc3c(NC4CC4)ncnc32)C1. The minimum atomic E-state index is -4.55. The Morgan fingerprint density at radius 1 is 1.17 bits per heavy atom. The van der Waals surface area contributed by atoms with Crippen molar-refractivity contribution >= 4 is 49.5 Å². The maximum Gasteiger partial charge on any atom is 0.417 e. The molecule has 2 atom stereocenters. The second-order valence-electron chi connectivity index (χ2n) is 11.5. The van der Waals surface area contributed by atoms with E-state index in [1.165, 1.54) is 12.3 Å². The number of hydrogen-bond acceptors (Lipinski definition) is 6. The molecule has 0 bridgehead atoms.